The van der Waals surface area contributed by atoms with Crippen LogP contribution in [0.2, 0.25) is 0 Å². The molecule has 0 aromatic carbocycles. The first-order valence-electron chi connectivity index (χ1n) is 18.4. The second-order valence-electron chi connectivity index (χ2n) is 12.4. The quantitative estimate of drug-likeness (QED) is 0.0566. The summed E-state index contributed by atoms with van der Waals surface area (Å²) in [6.45, 7) is 7.18. The van der Waals surface area contributed by atoms with Gasteiger partial charge in [-0.2, -0.15) is 0 Å². The molecule has 2 N–H and O–H groups in total. The van der Waals surface area contributed by atoms with Crippen LogP contribution in [0.3, 0.4) is 0 Å². The highest BCUT2D eigenvalue weighted by molar-refractivity contribution is 4.62. The molecule has 0 heterocycles. The third-order valence-corrected chi connectivity index (χ3v) is 8.30. The molecule has 0 radical (unpaired) electrons. The van der Waals surface area contributed by atoms with E-state index in [2.05, 4.69) is 19.2 Å². The van der Waals surface area contributed by atoms with Crippen molar-refractivity contribution in [2.45, 2.75) is 200 Å². The summed E-state index contributed by atoms with van der Waals surface area (Å²) in [6, 6.07) is 0. The predicted octanol–water partition coefficient (Wildman–Crippen LogP) is 10.5. The van der Waals surface area contributed by atoms with Crippen molar-refractivity contribution in [3.8, 4) is 0 Å². The molecule has 0 aromatic heterocycles. The van der Waals surface area contributed by atoms with Gasteiger partial charge in [-0.15, -0.1) is 0 Å². The Hall–Kier alpha value is -0.200. The molecule has 0 aromatic rings. The zero-order valence-corrected chi connectivity index (χ0v) is 28.2. The minimum absolute atomic E-state index is 0.154. The highest BCUT2D eigenvalue weighted by Crippen LogP contribution is 2.19. The van der Waals surface area contributed by atoms with Gasteiger partial charge in [-0.1, -0.05) is 168 Å². The minimum atomic E-state index is -0.881. The van der Waals surface area contributed by atoms with E-state index in [9.17, 15) is 5.11 Å². The largest absolute Gasteiger partial charge is 0.382 e. The second-order valence-corrected chi connectivity index (χ2v) is 12.4. The maximum Gasteiger partial charge on any atom is 0.213 e. The zero-order valence-electron chi connectivity index (χ0n) is 28.2. The lowest BCUT2D eigenvalue weighted by Crippen LogP contribution is -2.36. The van der Waals surface area contributed by atoms with Crippen LogP contribution in [-0.4, -0.2) is 51.1 Å². The maximum absolute atomic E-state index is 10.4. The Balaban J connectivity index is 4.01. The first-order chi connectivity index (χ1) is 20.2. The van der Waals surface area contributed by atoms with Gasteiger partial charge >= 0.3 is 0 Å². The molecule has 0 aliphatic heterocycles. The summed E-state index contributed by atoms with van der Waals surface area (Å²) in [6.07, 6.45) is 35.2. The number of hydrogen-bond acceptors (Lipinski definition) is 5. The number of methoxy groups -OCH3 is 1. The lowest BCUT2D eigenvalue weighted by molar-refractivity contribution is -0.158. The van der Waals surface area contributed by atoms with Gasteiger partial charge in [0.05, 0.1) is 19.3 Å². The van der Waals surface area contributed by atoms with E-state index >= 15 is 0 Å². The van der Waals surface area contributed by atoms with Gasteiger partial charge in [0.25, 0.3) is 0 Å². The Kier molecular flexibility index (Phi) is 35.8. The lowest BCUT2D eigenvalue weighted by atomic mass is 10.0. The van der Waals surface area contributed by atoms with E-state index in [1.807, 2.05) is 0 Å². The first-order valence-corrected chi connectivity index (χ1v) is 18.4. The number of nitrogens with one attached hydrogen (secondary N) is 1. The van der Waals surface area contributed by atoms with Gasteiger partial charge in [0.1, 0.15) is 0 Å². The maximum atomic E-state index is 10.4. The molecule has 1 unspecified atom stereocenters. The average molecular weight is 586 g/mol. The van der Waals surface area contributed by atoms with Gasteiger partial charge in [-0.25, -0.2) is 0 Å². The molecule has 248 valence electrons. The number of aliphatic hydroxyl groups excluding tert-OH is 1. The lowest BCUT2D eigenvalue weighted by Gasteiger charge is -2.22. The van der Waals surface area contributed by atoms with E-state index in [1.165, 1.54) is 154 Å². The standard InChI is InChI=1S/C36H75NO4/c1-4-6-8-10-12-14-16-18-20-22-24-26-29-35(41-36(38)37-31-28-32-40-34-33-39-3)30-27-25-23-21-19-17-15-13-11-9-7-5-2/h35-38H,4-34H2,1-3H3. The van der Waals surface area contributed by atoms with Gasteiger partial charge in [0.15, 0.2) is 0 Å². The Bertz CT molecular complexity index is 437. The van der Waals surface area contributed by atoms with Crippen molar-refractivity contribution in [3.63, 3.8) is 0 Å². The summed E-state index contributed by atoms with van der Waals surface area (Å²) in [5.41, 5.74) is 0. The second kappa shape index (κ2) is 36.0. The summed E-state index contributed by atoms with van der Waals surface area (Å²) < 4.78 is 16.6. The molecule has 0 aliphatic rings. The highest BCUT2D eigenvalue weighted by atomic mass is 16.6. The molecule has 0 amide bonds. The molecule has 0 bridgehead atoms. The number of hydrogen-bond donors (Lipinski definition) is 2. The van der Waals surface area contributed by atoms with E-state index in [1.54, 1.807) is 7.11 Å². The SMILES string of the molecule is CCCCCCCCCCCCCCC(CCCCCCCCCCCCCC)OC(O)NCCCOCCOC. The van der Waals surface area contributed by atoms with Gasteiger partial charge in [0.2, 0.25) is 6.41 Å². The molecule has 0 fully saturated rings. The van der Waals surface area contributed by atoms with Crippen LogP contribution in [0, 0.1) is 0 Å². The van der Waals surface area contributed by atoms with Gasteiger partial charge in [-0.05, 0) is 19.3 Å². The van der Waals surface area contributed by atoms with E-state index in [4.69, 9.17) is 14.2 Å². The molecule has 0 aliphatic carbocycles. The fourth-order valence-corrected chi connectivity index (χ4v) is 5.58. The van der Waals surface area contributed by atoms with Crippen LogP contribution in [0.4, 0.5) is 0 Å². The van der Waals surface area contributed by atoms with Crippen molar-refractivity contribution in [1.82, 2.24) is 5.32 Å². The summed E-state index contributed by atoms with van der Waals surface area (Å²) in [5.74, 6) is 0. The number of rotatable bonds is 36. The molecule has 0 saturated carbocycles. The van der Waals surface area contributed by atoms with Crippen LogP contribution in [0.15, 0.2) is 0 Å². The molecule has 0 spiro atoms. The van der Waals surface area contributed by atoms with E-state index in [0.29, 0.717) is 26.4 Å². The number of ether oxygens (including phenoxy) is 3. The molecule has 5 heteroatoms. The molecule has 1 atom stereocenters. The predicted molar refractivity (Wildman–Crippen MR) is 178 cm³/mol. The number of unbranched alkanes of at least 4 members (excludes halogenated alkanes) is 22. The normalized spacial score (nSPS) is 12.5. The van der Waals surface area contributed by atoms with Crippen molar-refractivity contribution in [3.05, 3.63) is 0 Å². The van der Waals surface area contributed by atoms with E-state index < -0.39 is 6.41 Å². The zero-order chi connectivity index (χ0) is 29.9. The Morgan fingerprint density at radius 2 is 0.878 bits per heavy atom. The average Bonchev–Trinajstić information content (AvgIpc) is 2.97. The third kappa shape index (κ3) is 34.2. The molecule has 0 saturated heterocycles. The Morgan fingerprint density at radius 3 is 1.27 bits per heavy atom. The van der Waals surface area contributed by atoms with Crippen LogP contribution >= 0.6 is 0 Å². The van der Waals surface area contributed by atoms with Crippen molar-refractivity contribution in [1.29, 1.82) is 0 Å². The first kappa shape index (κ1) is 40.8. The van der Waals surface area contributed by atoms with Gasteiger partial charge in [-0.3, -0.25) is 5.32 Å². The minimum Gasteiger partial charge on any atom is -0.382 e. The molecular weight excluding hydrogens is 510 g/mol. The number of aliphatic hydroxyl groups is 1. The fraction of sp³-hybridized carbons (Fsp3) is 1.00. The van der Waals surface area contributed by atoms with Crippen LogP contribution in [0.5, 0.6) is 0 Å². The van der Waals surface area contributed by atoms with Gasteiger partial charge < -0.3 is 19.3 Å². The highest BCUT2D eigenvalue weighted by Gasteiger charge is 2.14. The van der Waals surface area contributed by atoms with Crippen molar-refractivity contribution in [2.75, 3.05) is 33.5 Å². The van der Waals surface area contributed by atoms with Crippen molar-refractivity contribution in [2.24, 2.45) is 0 Å². The summed E-state index contributed by atoms with van der Waals surface area (Å²) in [5, 5.41) is 13.6. The van der Waals surface area contributed by atoms with Crippen LogP contribution in [0.1, 0.15) is 187 Å². The molecular formula is C36H75NO4. The topological polar surface area (TPSA) is 60.0 Å². The molecule has 41 heavy (non-hydrogen) atoms. The van der Waals surface area contributed by atoms with Crippen molar-refractivity contribution >= 4 is 0 Å². The smallest absolute Gasteiger partial charge is 0.213 e. The van der Waals surface area contributed by atoms with E-state index in [0.717, 1.165) is 19.3 Å². The van der Waals surface area contributed by atoms with E-state index in [-0.39, 0.29) is 6.10 Å². The van der Waals surface area contributed by atoms with Crippen LogP contribution < -0.4 is 5.32 Å². The van der Waals surface area contributed by atoms with Gasteiger partial charge in [0, 0.05) is 20.3 Å². The van der Waals surface area contributed by atoms with Crippen molar-refractivity contribution < 1.29 is 19.3 Å². The summed E-state index contributed by atoms with van der Waals surface area (Å²) >= 11 is 0. The third-order valence-electron chi connectivity index (χ3n) is 8.30. The summed E-state index contributed by atoms with van der Waals surface area (Å²) in [7, 11) is 1.68. The fourth-order valence-electron chi connectivity index (χ4n) is 5.58. The van der Waals surface area contributed by atoms with Crippen LogP contribution in [0.25, 0.3) is 0 Å². The van der Waals surface area contributed by atoms with Crippen LogP contribution in [-0.2, 0) is 14.2 Å². The molecule has 0 rings (SSSR count). The molecule has 5 nitrogen and oxygen atoms in total. The Morgan fingerprint density at radius 1 is 0.488 bits per heavy atom. The Labute approximate surface area is 257 Å². The monoisotopic (exact) mass is 586 g/mol. The summed E-state index contributed by atoms with van der Waals surface area (Å²) in [4.78, 5) is 0.